The minimum absolute atomic E-state index is 0.265. The molecule has 0 heterocycles. The molecule has 0 radical (unpaired) electrons. The van der Waals surface area contributed by atoms with Gasteiger partial charge >= 0.3 is 0 Å². The fourth-order valence-electron chi connectivity index (χ4n) is 2.09. The van der Waals surface area contributed by atoms with E-state index in [0.29, 0.717) is 0 Å². The maximum Gasteiger partial charge on any atom is 0.295 e. The highest BCUT2D eigenvalue weighted by atomic mass is 35.5. The molecule has 7 heteroatoms. The van der Waals surface area contributed by atoms with Gasteiger partial charge in [0, 0.05) is 12.6 Å². The van der Waals surface area contributed by atoms with E-state index in [1.165, 1.54) is 7.05 Å². The van der Waals surface area contributed by atoms with Crippen LogP contribution >= 0.6 is 23.2 Å². The van der Waals surface area contributed by atoms with E-state index in [2.05, 4.69) is 5.32 Å². The lowest BCUT2D eigenvalue weighted by Gasteiger charge is -2.17. The molecule has 0 aliphatic carbocycles. The minimum atomic E-state index is -0.774. The number of likely N-dealkylation sites (N-methyl/N-ethyl adjacent to an activating group) is 1. The van der Waals surface area contributed by atoms with Gasteiger partial charge in [0.2, 0.25) is 11.7 Å². The molecule has 2 aromatic rings. The monoisotopic (exact) mass is 378 g/mol. The average Bonchev–Trinajstić information content (AvgIpc) is 2.57. The summed E-state index contributed by atoms with van der Waals surface area (Å²) in [5, 5.41) is 3.11. The van der Waals surface area contributed by atoms with Crippen molar-refractivity contribution in [3.05, 3.63) is 63.6 Å². The number of benzene rings is 2. The Morgan fingerprint density at radius 2 is 1.56 bits per heavy atom. The zero-order chi connectivity index (χ0) is 18.6. The molecular formula is C18H16Cl2N2O3. The Bertz CT molecular complexity index is 799. The normalized spacial score (nSPS) is 10.2. The smallest absolute Gasteiger partial charge is 0.295 e. The second-order valence-corrected chi connectivity index (χ2v) is 6.32. The van der Waals surface area contributed by atoms with Crippen LogP contribution in [0.3, 0.4) is 0 Å². The van der Waals surface area contributed by atoms with E-state index >= 15 is 0 Å². The third-order valence-corrected chi connectivity index (χ3v) is 4.09. The Balaban J connectivity index is 2.02. The summed E-state index contributed by atoms with van der Waals surface area (Å²) >= 11 is 12.0. The van der Waals surface area contributed by atoms with E-state index in [9.17, 15) is 14.4 Å². The quantitative estimate of drug-likeness (QED) is 0.638. The van der Waals surface area contributed by atoms with Crippen LogP contribution in [0.15, 0.2) is 42.5 Å². The van der Waals surface area contributed by atoms with Crippen LogP contribution < -0.4 is 5.32 Å². The molecule has 0 aliphatic rings. The van der Waals surface area contributed by atoms with Gasteiger partial charge in [0.25, 0.3) is 5.91 Å². The number of carbonyl (C=O) groups excluding carboxylic acids is 3. The first-order valence-electron chi connectivity index (χ1n) is 7.40. The van der Waals surface area contributed by atoms with Gasteiger partial charge in [0.15, 0.2) is 0 Å². The summed E-state index contributed by atoms with van der Waals surface area (Å²) < 4.78 is 0. The number of halogens is 2. The third-order valence-electron chi connectivity index (χ3n) is 3.46. The molecule has 0 fully saturated rings. The van der Waals surface area contributed by atoms with Gasteiger partial charge in [0.05, 0.1) is 22.3 Å². The fourth-order valence-corrected chi connectivity index (χ4v) is 2.58. The molecule has 0 aliphatic heterocycles. The van der Waals surface area contributed by atoms with Crippen LogP contribution in [0.2, 0.25) is 10.0 Å². The van der Waals surface area contributed by atoms with Crippen LogP contribution in [0.25, 0.3) is 0 Å². The molecule has 2 aromatic carbocycles. The Labute approximate surface area is 155 Å². The lowest BCUT2D eigenvalue weighted by molar-refractivity contribution is -0.129. The fraction of sp³-hybridized carbons (Fsp3) is 0.167. The molecule has 0 spiro atoms. The van der Waals surface area contributed by atoms with Crippen LogP contribution in [-0.4, -0.2) is 36.1 Å². The van der Waals surface area contributed by atoms with Crippen LogP contribution in [0.5, 0.6) is 0 Å². The SMILES string of the molecule is Cc1ccc(C(=O)C(=O)N(C)CC(=O)Nc2c(Cl)cccc2Cl)cc1. The maximum atomic E-state index is 12.2. The number of carbonyl (C=O) groups is 3. The largest absolute Gasteiger partial charge is 0.330 e. The number of amides is 2. The summed E-state index contributed by atoms with van der Waals surface area (Å²) in [6.07, 6.45) is 0. The molecule has 0 saturated carbocycles. The Morgan fingerprint density at radius 3 is 2.12 bits per heavy atom. The summed E-state index contributed by atoms with van der Waals surface area (Å²) in [4.78, 5) is 37.5. The van der Waals surface area contributed by atoms with Crippen LogP contribution in [-0.2, 0) is 9.59 Å². The highest BCUT2D eigenvalue weighted by Gasteiger charge is 2.22. The van der Waals surface area contributed by atoms with Crippen molar-refractivity contribution >= 4 is 46.5 Å². The lowest BCUT2D eigenvalue weighted by atomic mass is 10.1. The van der Waals surface area contributed by atoms with Crippen LogP contribution in [0.1, 0.15) is 15.9 Å². The number of nitrogens with one attached hydrogen (secondary N) is 1. The van der Waals surface area contributed by atoms with E-state index in [1.807, 2.05) is 6.92 Å². The van der Waals surface area contributed by atoms with Crippen molar-refractivity contribution in [1.29, 1.82) is 0 Å². The van der Waals surface area contributed by atoms with Gasteiger partial charge in [-0.15, -0.1) is 0 Å². The first kappa shape index (κ1) is 19.0. The molecule has 0 aromatic heterocycles. The zero-order valence-corrected chi connectivity index (χ0v) is 15.2. The lowest BCUT2D eigenvalue weighted by Crippen LogP contribution is -2.39. The Morgan fingerprint density at radius 1 is 1.00 bits per heavy atom. The minimum Gasteiger partial charge on any atom is -0.330 e. The number of Topliss-reactive ketones (excluding diaryl/α,β-unsaturated/α-hetero) is 1. The summed E-state index contributed by atoms with van der Waals surface area (Å²) in [6, 6.07) is 11.5. The van der Waals surface area contributed by atoms with Gasteiger partial charge in [-0.05, 0) is 19.1 Å². The van der Waals surface area contributed by atoms with Gasteiger partial charge in [-0.2, -0.15) is 0 Å². The molecule has 0 bridgehead atoms. The Hall–Kier alpha value is -2.37. The first-order valence-corrected chi connectivity index (χ1v) is 8.15. The summed E-state index contributed by atoms with van der Waals surface area (Å²) in [7, 11) is 1.38. The number of nitrogens with zero attached hydrogens (tertiary/aromatic N) is 1. The van der Waals surface area contributed by atoms with Crippen LogP contribution in [0.4, 0.5) is 5.69 Å². The zero-order valence-electron chi connectivity index (χ0n) is 13.7. The molecule has 130 valence electrons. The van der Waals surface area contributed by atoms with Crippen molar-refractivity contribution in [2.45, 2.75) is 6.92 Å². The van der Waals surface area contributed by atoms with Crippen molar-refractivity contribution in [3.8, 4) is 0 Å². The van der Waals surface area contributed by atoms with Crippen molar-refractivity contribution in [2.75, 3.05) is 18.9 Å². The number of hydrogen-bond donors (Lipinski definition) is 1. The number of anilines is 1. The molecule has 25 heavy (non-hydrogen) atoms. The van der Waals surface area contributed by atoms with E-state index in [4.69, 9.17) is 23.2 Å². The predicted octanol–water partition coefficient (Wildman–Crippen LogP) is 3.58. The molecule has 2 amide bonds. The van der Waals surface area contributed by atoms with E-state index < -0.39 is 17.6 Å². The average molecular weight is 379 g/mol. The third kappa shape index (κ3) is 4.81. The summed E-state index contributed by atoms with van der Waals surface area (Å²) in [5.41, 5.74) is 1.52. The number of para-hydroxylation sites is 1. The van der Waals surface area contributed by atoms with Crippen LogP contribution in [0, 0.1) is 6.92 Å². The highest BCUT2D eigenvalue weighted by molar-refractivity contribution is 6.43. The van der Waals surface area contributed by atoms with Gasteiger partial charge in [-0.1, -0.05) is 59.1 Å². The predicted molar refractivity (Wildman–Crippen MR) is 98.2 cm³/mol. The van der Waals surface area contributed by atoms with Gasteiger partial charge in [-0.3, -0.25) is 14.4 Å². The van der Waals surface area contributed by atoms with Crippen molar-refractivity contribution in [1.82, 2.24) is 4.90 Å². The standard InChI is InChI=1S/C18H16Cl2N2O3/c1-11-6-8-12(9-7-11)17(24)18(25)22(2)10-15(23)21-16-13(19)4-3-5-14(16)20/h3-9H,10H2,1-2H3,(H,21,23). The maximum absolute atomic E-state index is 12.2. The van der Waals surface area contributed by atoms with Gasteiger partial charge < -0.3 is 10.2 Å². The number of hydrogen-bond acceptors (Lipinski definition) is 3. The number of rotatable bonds is 5. The topological polar surface area (TPSA) is 66.5 Å². The number of aryl methyl sites for hydroxylation is 1. The molecule has 1 N–H and O–H groups in total. The van der Waals surface area contributed by atoms with E-state index in [1.54, 1.807) is 42.5 Å². The Kier molecular flexibility index (Phi) is 6.17. The first-order chi connectivity index (χ1) is 11.8. The summed E-state index contributed by atoms with van der Waals surface area (Å²) in [5.74, 6) is -1.96. The molecule has 5 nitrogen and oxygen atoms in total. The molecular weight excluding hydrogens is 363 g/mol. The van der Waals surface area contributed by atoms with E-state index in [0.717, 1.165) is 10.5 Å². The van der Waals surface area contributed by atoms with Crippen molar-refractivity contribution in [3.63, 3.8) is 0 Å². The molecule has 0 atom stereocenters. The molecule has 0 unspecified atom stereocenters. The second-order valence-electron chi connectivity index (χ2n) is 5.50. The number of ketones is 1. The van der Waals surface area contributed by atoms with Crippen molar-refractivity contribution in [2.24, 2.45) is 0 Å². The van der Waals surface area contributed by atoms with Gasteiger partial charge in [-0.25, -0.2) is 0 Å². The summed E-state index contributed by atoms with van der Waals surface area (Å²) in [6.45, 7) is 1.57. The second kappa shape index (κ2) is 8.14. The van der Waals surface area contributed by atoms with Crippen molar-refractivity contribution < 1.29 is 14.4 Å². The molecule has 2 rings (SSSR count). The van der Waals surface area contributed by atoms with E-state index in [-0.39, 0.29) is 27.8 Å². The molecule has 0 saturated heterocycles. The highest BCUT2D eigenvalue weighted by Crippen LogP contribution is 2.29. The van der Waals surface area contributed by atoms with Gasteiger partial charge in [0.1, 0.15) is 0 Å².